The maximum atomic E-state index is 11.0. The Hall–Kier alpha value is -0.860. The van der Waals surface area contributed by atoms with Gasteiger partial charge in [0.15, 0.2) is 6.29 Å². The molecule has 1 aliphatic rings. The highest BCUT2D eigenvalue weighted by Crippen LogP contribution is 2.25. The maximum absolute atomic E-state index is 11.0. The molecule has 0 amide bonds. The second-order valence-corrected chi connectivity index (χ2v) is 2.78. The molecule has 11 heavy (non-hydrogen) atoms. The standard InChI is InChI=1S/C8H12O3/c9-5-6-11-8(10)7-3-1-2-4-7/h5,7H,1-4,6H2. The smallest absolute Gasteiger partial charge is 0.309 e. The number of carbonyl (C=O) groups is 2. The van der Waals surface area contributed by atoms with Crippen molar-refractivity contribution in [2.75, 3.05) is 6.61 Å². The first-order chi connectivity index (χ1) is 5.34. The highest BCUT2D eigenvalue weighted by Gasteiger charge is 2.23. The molecule has 3 nitrogen and oxygen atoms in total. The molecule has 62 valence electrons. The normalized spacial score (nSPS) is 18.2. The summed E-state index contributed by atoms with van der Waals surface area (Å²) in [6.45, 7) is -0.0880. The third-order valence-electron chi connectivity index (χ3n) is 1.98. The first-order valence-corrected chi connectivity index (χ1v) is 3.95. The Morgan fingerprint density at radius 3 is 2.64 bits per heavy atom. The molecule has 0 aromatic carbocycles. The van der Waals surface area contributed by atoms with Gasteiger partial charge in [-0.05, 0) is 12.8 Å². The van der Waals surface area contributed by atoms with E-state index in [4.69, 9.17) is 0 Å². The summed E-state index contributed by atoms with van der Waals surface area (Å²) in [5.41, 5.74) is 0. The molecule has 0 radical (unpaired) electrons. The van der Waals surface area contributed by atoms with Crippen molar-refractivity contribution < 1.29 is 14.3 Å². The van der Waals surface area contributed by atoms with Crippen molar-refractivity contribution in [1.29, 1.82) is 0 Å². The summed E-state index contributed by atoms with van der Waals surface area (Å²) >= 11 is 0. The van der Waals surface area contributed by atoms with Crippen molar-refractivity contribution in [3.63, 3.8) is 0 Å². The van der Waals surface area contributed by atoms with Crippen molar-refractivity contribution in [2.24, 2.45) is 5.92 Å². The van der Waals surface area contributed by atoms with E-state index in [9.17, 15) is 9.59 Å². The van der Waals surface area contributed by atoms with Crippen LogP contribution in [0.25, 0.3) is 0 Å². The molecule has 1 aliphatic carbocycles. The minimum Gasteiger partial charge on any atom is -0.458 e. The predicted octanol–water partition coefficient (Wildman–Crippen LogP) is 0.919. The van der Waals surface area contributed by atoms with Gasteiger partial charge in [0.25, 0.3) is 0 Å². The lowest BCUT2D eigenvalue weighted by atomic mass is 10.1. The molecule has 0 unspecified atom stereocenters. The molecular weight excluding hydrogens is 144 g/mol. The number of hydrogen-bond donors (Lipinski definition) is 0. The van der Waals surface area contributed by atoms with Crippen LogP contribution in [0, 0.1) is 5.92 Å². The average molecular weight is 156 g/mol. The average Bonchev–Trinajstić information content (AvgIpc) is 2.52. The predicted molar refractivity (Wildman–Crippen MR) is 39.0 cm³/mol. The van der Waals surface area contributed by atoms with Crippen molar-refractivity contribution in [3.8, 4) is 0 Å². The third-order valence-corrected chi connectivity index (χ3v) is 1.98. The van der Waals surface area contributed by atoms with Crippen LogP contribution in [0.15, 0.2) is 0 Å². The minimum atomic E-state index is -0.199. The van der Waals surface area contributed by atoms with Crippen LogP contribution in [-0.2, 0) is 14.3 Å². The van der Waals surface area contributed by atoms with Crippen LogP contribution in [-0.4, -0.2) is 18.9 Å². The molecule has 3 heteroatoms. The van der Waals surface area contributed by atoms with E-state index in [0.717, 1.165) is 25.7 Å². The lowest BCUT2D eigenvalue weighted by molar-refractivity contribution is -0.149. The summed E-state index contributed by atoms with van der Waals surface area (Å²) in [6, 6.07) is 0. The van der Waals surface area contributed by atoms with Crippen LogP contribution < -0.4 is 0 Å². The first kappa shape index (κ1) is 8.24. The Morgan fingerprint density at radius 2 is 2.09 bits per heavy atom. The van der Waals surface area contributed by atoms with Gasteiger partial charge < -0.3 is 4.74 Å². The molecule has 0 atom stereocenters. The molecular formula is C8H12O3. The molecule has 0 aromatic heterocycles. The van der Waals surface area contributed by atoms with Gasteiger partial charge in [-0.1, -0.05) is 12.8 Å². The van der Waals surface area contributed by atoms with Gasteiger partial charge in [-0.25, -0.2) is 0 Å². The van der Waals surface area contributed by atoms with Gasteiger partial charge in [-0.15, -0.1) is 0 Å². The van der Waals surface area contributed by atoms with Crippen LogP contribution in [0.5, 0.6) is 0 Å². The molecule has 1 rings (SSSR count). The Bertz CT molecular complexity index is 147. The molecule has 0 N–H and O–H groups in total. The third kappa shape index (κ3) is 2.33. The lowest BCUT2D eigenvalue weighted by Gasteiger charge is -2.05. The molecule has 0 aromatic rings. The minimum absolute atomic E-state index is 0.0648. The molecule has 0 saturated heterocycles. The number of hydrogen-bond acceptors (Lipinski definition) is 3. The first-order valence-electron chi connectivity index (χ1n) is 3.95. The zero-order valence-corrected chi connectivity index (χ0v) is 6.41. The fourth-order valence-electron chi connectivity index (χ4n) is 1.40. The quantitative estimate of drug-likeness (QED) is 0.450. The van der Waals surface area contributed by atoms with E-state index in [-0.39, 0.29) is 18.5 Å². The van der Waals surface area contributed by atoms with Crippen molar-refractivity contribution in [2.45, 2.75) is 25.7 Å². The highest BCUT2D eigenvalue weighted by molar-refractivity contribution is 5.74. The number of aldehydes is 1. The van der Waals surface area contributed by atoms with Crippen molar-refractivity contribution in [3.05, 3.63) is 0 Å². The Kier molecular flexibility index (Phi) is 3.08. The second kappa shape index (κ2) is 4.11. The fraction of sp³-hybridized carbons (Fsp3) is 0.750. The maximum Gasteiger partial charge on any atom is 0.309 e. The van der Waals surface area contributed by atoms with E-state index in [1.54, 1.807) is 0 Å². The van der Waals surface area contributed by atoms with Crippen LogP contribution in [0.2, 0.25) is 0 Å². The molecule has 0 aliphatic heterocycles. The van der Waals surface area contributed by atoms with Crippen LogP contribution in [0.1, 0.15) is 25.7 Å². The summed E-state index contributed by atoms with van der Waals surface area (Å²) < 4.78 is 4.67. The van der Waals surface area contributed by atoms with Gasteiger partial charge in [0.05, 0.1) is 5.92 Å². The van der Waals surface area contributed by atoms with Crippen LogP contribution in [0.4, 0.5) is 0 Å². The largest absolute Gasteiger partial charge is 0.458 e. The number of carbonyl (C=O) groups excluding carboxylic acids is 2. The zero-order chi connectivity index (χ0) is 8.10. The van der Waals surface area contributed by atoms with Gasteiger partial charge in [0.2, 0.25) is 0 Å². The van der Waals surface area contributed by atoms with Crippen LogP contribution in [0.3, 0.4) is 0 Å². The van der Waals surface area contributed by atoms with Gasteiger partial charge in [0.1, 0.15) is 6.61 Å². The number of ether oxygens (including phenoxy) is 1. The Balaban J connectivity index is 2.22. The van der Waals surface area contributed by atoms with Gasteiger partial charge in [-0.3, -0.25) is 9.59 Å². The topological polar surface area (TPSA) is 43.4 Å². The molecule has 1 saturated carbocycles. The summed E-state index contributed by atoms with van der Waals surface area (Å²) in [5.74, 6) is -0.135. The number of esters is 1. The van der Waals surface area contributed by atoms with Crippen molar-refractivity contribution in [1.82, 2.24) is 0 Å². The van der Waals surface area contributed by atoms with Gasteiger partial charge in [0, 0.05) is 0 Å². The monoisotopic (exact) mass is 156 g/mol. The lowest BCUT2D eigenvalue weighted by Crippen LogP contribution is -2.15. The van der Waals surface area contributed by atoms with E-state index in [1.807, 2.05) is 0 Å². The van der Waals surface area contributed by atoms with E-state index < -0.39 is 0 Å². The molecule has 1 fully saturated rings. The summed E-state index contributed by atoms with van der Waals surface area (Å²) in [7, 11) is 0. The Labute approximate surface area is 65.7 Å². The zero-order valence-electron chi connectivity index (χ0n) is 6.41. The Morgan fingerprint density at radius 1 is 1.45 bits per heavy atom. The fourth-order valence-corrected chi connectivity index (χ4v) is 1.40. The SMILES string of the molecule is O=CCOC(=O)C1CCCC1. The molecule has 0 bridgehead atoms. The molecule has 0 heterocycles. The summed E-state index contributed by atoms with van der Waals surface area (Å²) in [6.07, 6.45) is 4.68. The van der Waals surface area contributed by atoms with E-state index in [2.05, 4.69) is 4.74 Å². The van der Waals surface area contributed by atoms with Gasteiger partial charge in [-0.2, -0.15) is 0 Å². The second-order valence-electron chi connectivity index (χ2n) is 2.78. The van der Waals surface area contributed by atoms with E-state index >= 15 is 0 Å². The summed E-state index contributed by atoms with van der Waals surface area (Å²) in [5, 5.41) is 0. The highest BCUT2D eigenvalue weighted by atomic mass is 16.5. The summed E-state index contributed by atoms with van der Waals surface area (Å²) in [4.78, 5) is 20.9. The van der Waals surface area contributed by atoms with Crippen molar-refractivity contribution >= 4 is 12.3 Å². The number of rotatable bonds is 3. The van der Waals surface area contributed by atoms with Crippen LogP contribution >= 0.6 is 0 Å². The van der Waals surface area contributed by atoms with E-state index in [1.165, 1.54) is 0 Å². The van der Waals surface area contributed by atoms with E-state index in [0.29, 0.717) is 6.29 Å². The molecule has 0 spiro atoms. The van der Waals surface area contributed by atoms with Gasteiger partial charge >= 0.3 is 5.97 Å².